The van der Waals surface area contributed by atoms with E-state index in [4.69, 9.17) is 26.2 Å². The Balaban J connectivity index is 0.000000314. The molecule has 1 heterocycles. The van der Waals surface area contributed by atoms with E-state index >= 15 is 0 Å². The maximum Gasteiger partial charge on any atom is 0.335 e. The molecule has 1 saturated heterocycles. The van der Waals surface area contributed by atoms with Gasteiger partial charge in [-0.25, -0.2) is 9.59 Å². The number of anilines is 1. The zero-order chi connectivity index (χ0) is 20.8. The van der Waals surface area contributed by atoms with E-state index in [-0.39, 0.29) is 11.8 Å². The smallest absolute Gasteiger partial charge is 0.335 e. The van der Waals surface area contributed by atoms with Gasteiger partial charge in [0.2, 0.25) is 11.8 Å². The van der Waals surface area contributed by atoms with E-state index in [9.17, 15) is 19.2 Å². The number of hydrogen-bond acceptors (Lipinski definition) is 7. The fourth-order valence-corrected chi connectivity index (χ4v) is 2.64. The first-order chi connectivity index (χ1) is 12.5. The Hall–Kier alpha value is -2.98. The number of nitrogen functional groups attached to an aromatic ring is 1. The predicted octanol–water partition coefficient (Wildman–Crippen LogP) is -0.769. The number of benzene rings is 1. The molecule has 1 fully saturated rings. The number of nitrogens with one attached hydrogen (secondary N) is 1. The van der Waals surface area contributed by atoms with Crippen molar-refractivity contribution in [1.82, 2.24) is 5.32 Å². The minimum absolute atomic E-state index is 0.186. The molecule has 1 aromatic carbocycles. The molecule has 0 aromatic heterocycles. The van der Waals surface area contributed by atoms with Crippen molar-refractivity contribution in [1.29, 1.82) is 0 Å². The topological polar surface area (TPSA) is 187 Å². The van der Waals surface area contributed by atoms with Gasteiger partial charge >= 0.3 is 11.9 Å². The molecule has 7 N–H and O–H groups in total. The molecule has 0 radical (unpaired) electrons. The summed E-state index contributed by atoms with van der Waals surface area (Å²) < 4.78 is 0. The van der Waals surface area contributed by atoms with Crippen LogP contribution < -0.4 is 11.1 Å². The molecule has 10 heteroatoms. The molecule has 1 aliphatic heterocycles. The molecule has 2 rings (SSSR count). The lowest BCUT2D eigenvalue weighted by molar-refractivity contribution is -0.165. The SMILES string of the molecule is CC[C@]1(c2ccc(N)cc2)CCC(=O)NC1=O.O=C(O)[C@H](O)[C@@H](O)C(=O)O. The molecular formula is C17H22N2O8. The molecule has 27 heavy (non-hydrogen) atoms. The second-order valence-electron chi connectivity index (χ2n) is 6.00. The number of rotatable bonds is 5. The molecule has 10 nitrogen and oxygen atoms in total. The Morgan fingerprint density at radius 2 is 1.59 bits per heavy atom. The van der Waals surface area contributed by atoms with Gasteiger partial charge in [0.05, 0.1) is 5.41 Å². The number of carbonyl (C=O) groups is 4. The molecule has 1 aliphatic rings. The van der Waals surface area contributed by atoms with E-state index in [1.165, 1.54) is 0 Å². The van der Waals surface area contributed by atoms with Crippen molar-refractivity contribution in [3.63, 3.8) is 0 Å². The summed E-state index contributed by atoms with van der Waals surface area (Å²) >= 11 is 0. The summed E-state index contributed by atoms with van der Waals surface area (Å²) in [5.41, 5.74) is 6.66. The summed E-state index contributed by atoms with van der Waals surface area (Å²) in [6.45, 7) is 1.96. The van der Waals surface area contributed by atoms with Crippen molar-refractivity contribution in [3.05, 3.63) is 29.8 Å². The highest BCUT2D eigenvalue weighted by molar-refractivity contribution is 6.03. The maximum atomic E-state index is 12.1. The standard InChI is InChI=1S/C13H16N2O2.C4H6O6/c1-2-13(8-7-11(16)15-12(13)17)9-3-5-10(14)6-4-9;5-1(3(7)8)2(6)4(9)10/h3-6H,2,7-8,14H2,1H3,(H,15,16,17);1-2,5-6H,(H,7,8)(H,9,10)/t13-;1-,2-/m11/s1. The van der Waals surface area contributed by atoms with Gasteiger partial charge in [0, 0.05) is 12.1 Å². The largest absolute Gasteiger partial charge is 0.479 e. The first-order valence-electron chi connectivity index (χ1n) is 8.07. The van der Waals surface area contributed by atoms with E-state index < -0.39 is 29.6 Å². The summed E-state index contributed by atoms with van der Waals surface area (Å²) in [5.74, 6) is -3.92. The van der Waals surface area contributed by atoms with E-state index in [1.54, 1.807) is 12.1 Å². The first-order valence-corrected chi connectivity index (χ1v) is 8.07. The average Bonchev–Trinajstić information content (AvgIpc) is 2.62. The van der Waals surface area contributed by atoms with E-state index in [2.05, 4.69) is 5.32 Å². The molecular weight excluding hydrogens is 360 g/mol. The second kappa shape index (κ2) is 9.10. The number of carboxylic acid groups (broad SMARTS) is 2. The lowest BCUT2D eigenvalue weighted by Crippen LogP contribution is -2.51. The lowest BCUT2D eigenvalue weighted by atomic mass is 9.72. The summed E-state index contributed by atoms with van der Waals surface area (Å²) in [5, 5.41) is 35.0. The molecule has 0 unspecified atom stereocenters. The fourth-order valence-electron chi connectivity index (χ4n) is 2.64. The van der Waals surface area contributed by atoms with Gasteiger partial charge in [-0.05, 0) is 30.5 Å². The Morgan fingerprint density at radius 3 is 1.96 bits per heavy atom. The van der Waals surface area contributed by atoms with Gasteiger partial charge in [-0.15, -0.1) is 0 Å². The first kappa shape index (κ1) is 22.1. The molecule has 0 aliphatic carbocycles. The Kier molecular flexibility index (Phi) is 7.44. The summed E-state index contributed by atoms with van der Waals surface area (Å²) in [7, 11) is 0. The van der Waals surface area contributed by atoms with Crippen LogP contribution in [0.4, 0.5) is 5.69 Å². The third-order valence-electron chi connectivity index (χ3n) is 4.34. The van der Waals surface area contributed by atoms with Crippen molar-refractivity contribution in [3.8, 4) is 0 Å². The number of imide groups is 1. The van der Waals surface area contributed by atoms with Gasteiger partial charge < -0.3 is 26.2 Å². The summed E-state index contributed by atoms with van der Waals surface area (Å²) in [6, 6.07) is 7.31. The number of hydrogen-bond donors (Lipinski definition) is 6. The van der Waals surface area contributed by atoms with Crippen LogP contribution in [0.1, 0.15) is 31.7 Å². The zero-order valence-corrected chi connectivity index (χ0v) is 14.6. The minimum Gasteiger partial charge on any atom is -0.479 e. The molecule has 2 amide bonds. The lowest BCUT2D eigenvalue weighted by Gasteiger charge is -2.34. The number of aliphatic hydroxyl groups excluding tert-OH is 2. The monoisotopic (exact) mass is 382 g/mol. The van der Waals surface area contributed by atoms with E-state index in [1.807, 2.05) is 19.1 Å². The normalized spacial score (nSPS) is 21.3. The van der Waals surface area contributed by atoms with Crippen molar-refractivity contribution < 1.29 is 39.6 Å². The Labute approximate surface area is 154 Å². The highest BCUT2D eigenvalue weighted by atomic mass is 16.4. The van der Waals surface area contributed by atoms with Gasteiger partial charge in [0.1, 0.15) is 0 Å². The number of aliphatic hydroxyl groups is 2. The average molecular weight is 382 g/mol. The van der Waals surface area contributed by atoms with Crippen molar-refractivity contribution in [2.75, 3.05) is 5.73 Å². The quantitative estimate of drug-likeness (QED) is 0.281. The molecule has 0 saturated carbocycles. The minimum atomic E-state index is -2.27. The summed E-state index contributed by atoms with van der Waals surface area (Å²) in [4.78, 5) is 42.8. The van der Waals surface area contributed by atoms with Crippen LogP contribution in [-0.4, -0.2) is 56.4 Å². The van der Waals surface area contributed by atoms with Gasteiger partial charge in [-0.1, -0.05) is 19.1 Å². The van der Waals surface area contributed by atoms with Crippen molar-refractivity contribution in [2.45, 2.75) is 43.8 Å². The zero-order valence-electron chi connectivity index (χ0n) is 14.6. The van der Waals surface area contributed by atoms with Gasteiger partial charge in [-0.2, -0.15) is 0 Å². The molecule has 0 bridgehead atoms. The van der Waals surface area contributed by atoms with Crippen LogP contribution in [0, 0.1) is 0 Å². The predicted molar refractivity (Wildman–Crippen MR) is 92.5 cm³/mol. The van der Waals surface area contributed by atoms with Crippen LogP contribution in [0.5, 0.6) is 0 Å². The number of carboxylic acids is 2. The van der Waals surface area contributed by atoms with Gasteiger partial charge in [0.15, 0.2) is 12.2 Å². The van der Waals surface area contributed by atoms with Crippen LogP contribution >= 0.6 is 0 Å². The van der Waals surface area contributed by atoms with Gasteiger partial charge in [0.25, 0.3) is 0 Å². The third kappa shape index (κ3) is 5.25. The number of piperidine rings is 1. The van der Waals surface area contributed by atoms with Gasteiger partial charge in [-0.3, -0.25) is 14.9 Å². The maximum absolute atomic E-state index is 12.1. The van der Waals surface area contributed by atoms with Crippen molar-refractivity contribution in [2.24, 2.45) is 0 Å². The van der Waals surface area contributed by atoms with Crippen LogP contribution in [0.2, 0.25) is 0 Å². The molecule has 1 aromatic rings. The van der Waals surface area contributed by atoms with Crippen LogP contribution in [0.25, 0.3) is 0 Å². The van der Waals surface area contributed by atoms with Crippen LogP contribution in [0.3, 0.4) is 0 Å². The van der Waals surface area contributed by atoms with Crippen molar-refractivity contribution >= 4 is 29.4 Å². The van der Waals surface area contributed by atoms with E-state index in [0.717, 1.165) is 5.56 Å². The van der Waals surface area contributed by atoms with Crippen LogP contribution in [-0.2, 0) is 24.6 Å². The number of carbonyl (C=O) groups excluding carboxylic acids is 2. The summed E-state index contributed by atoms with van der Waals surface area (Å²) in [6.07, 6.45) is -2.90. The highest BCUT2D eigenvalue weighted by Crippen LogP contribution is 2.35. The fraction of sp³-hybridized carbons (Fsp3) is 0.412. The Morgan fingerprint density at radius 1 is 1.11 bits per heavy atom. The third-order valence-corrected chi connectivity index (χ3v) is 4.34. The van der Waals surface area contributed by atoms with Crippen LogP contribution in [0.15, 0.2) is 24.3 Å². The number of nitrogens with two attached hydrogens (primary N) is 1. The number of amides is 2. The number of aliphatic carboxylic acids is 2. The van der Waals surface area contributed by atoms with E-state index in [0.29, 0.717) is 24.9 Å². The molecule has 148 valence electrons. The Bertz CT molecular complexity index is 700. The second-order valence-corrected chi connectivity index (χ2v) is 6.00. The molecule has 0 spiro atoms. The molecule has 3 atom stereocenters. The highest BCUT2D eigenvalue weighted by Gasteiger charge is 2.42.